The molecule has 1 aromatic rings. The van der Waals surface area contributed by atoms with Crippen LogP contribution in [0.4, 0.5) is 8.78 Å². The molecule has 0 bridgehead atoms. The Labute approximate surface area is 101 Å². The van der Waals surface area contributed by atoms with E-state index < -0.39 is 12.5 Å². The molecule has 1 aromatic carbocycles. The fraction of sp³-hybridized carbons (Fsp3) is 0.538. The zero-order valence-electron chi connectivity index (χ0n) is 10.0. The molecule has 0 aliphatic carbocycles. The van der Waals surface area contributed by atoms with Gasteiger partial charge >= 0.3 is 0 Å². The Bertz CT molecular complexity index is 306. The van der Waals surface area contributed by atoms with Crippen molar-refractivity contribution in [3.05, 3.63) is 35.9 Å². The zero-order chi connectivity index (χ0) is 12.7. The van der Waals surface area contributed by atoms with Gasteiger partial charge in [-0.1, -0.05) is 37.3 Å². The quantitative estimate of drug-likeness (QED) is 0.796. The Morgan fingerprint density at radius 2 is 1.82 bits per heavy atom. The van der Waals surface area contributed by atoms with Gasteiger partial charge < -0.3 is 5.11 Å². The maximum absolute atomic E-state index is 12.3. The van der Waals surface area contributed by atoms with Crippen molar-refractivity contribution in [3.8, 4) is 0 Å². The average Bonchev–Trinajstić information content (AvgIpc) is 2.29. The summed E-state index contributed by atoms with van der Waals surface area (Å²) in [5.41, 5.74) is 0.767. The van der Waals surface area contributed by atoms with E-state index in [9.17, 15) is 13.9 Å². The van der Waals surface area contributed by atoms with Crippen molar-refractivity contribution in [1.29, 1.82) is 0 Å². The lowest BCUT2D eigenvalue weighted by Crippen LogP contribution is -2.33. The lowest BCUT2D eigenvalue weighted by Gasteiger charge is -2.24. The topological polar surface area (TPSA) is 23.5 Å². The second-order valence-electron chi connectivity index (χ2n) is 4.08. The van der Waals surface area contributed by atoms with Crippen molar-refractivity contribution in [2.75, 3.05) is 19.6 Å². The van der Waals surface area contributed by atoms with Crippen LogP contribution in [0, 0.1) is 0 Å². The maximum Gasteiger partial charge on any atom is 0.251 e. The number of benzene rings is 1. The molecular weight excluding hydrogens is 224 g/mol. The molecule has 0 amide bonds. The molecule has 0 aliphatic rings. The van der Waals surface area contributed by atoms with Crippen molar-refractivity contribution in [1.82, 2.24) is 4.90 Å². The van der Waals surface area contributed by atoms with Gasteiger partial charge in [0.1, 0.15) is 0 Å². The van der Waals surface area contributed by atoms with E-state index in [1.807, 2.05) is 25.1 Å². The first-order valence-electron chi connectivity index (χ1n) is 5.87. The molecule has 1 N–H and O–H groups in total. The summed E-state index contributed by atoms with van der Waals surface area (Å²) in [5.74, 6) is 0. The van der Waals surface area contributed by atoms with Gasteiger partial charge in [0, 0.05) is 6.54 Å². The van der Waals surface area contributed by atoms with Crippen LogP contribution < -0.4 is 0 Å². The highest BCUT2D eigenvalue weighted by Crippen LogP contribution is 2.14. The first-order chi connectivity index (χ1) is 8.13. The van der Waals surface area contributed by atoms with Crippen LogP contribution in [0.25, 0.3) is 0 Å². The van der Waals surface area contributed by atoms with Crippen LogP contribution in [0.3, 0.4) is 0 Å². The molecule has 17 heavy (non-hydrogen) atoms. The highest BCUT2D eigenvalue weighted by atomic mass is 19.3. The smallest absolute Gasteiger partial charge is 0.251 e. The number of halogens is 2. The predicted molar refractivity (Wildman–Crippen MR) is 64.1 cm³/mol. The molecule has 1 unspecified atom stereocenters. The Morgan fingerprint density at radius 3 is 2.35 bits per heavy atom. The van der Waals surface area contributed by atoms with Crippen LogP contribution in [0.2, 0.25) is 0 Å². The van der Waals surface area contributed by atoms with Crippen LogP contribution in [0.5, 0.6) is 0 Å². The molecule has 0 fully saturated rings. The number of aliphatic hydroxyl groups excluding tert-OH is 1. The highest BCUT2D eigenvalue weighted by molar-refractivity contribution is 5.17. The first-order valence-corrected chi connectivity index (χ1v) is 5.87. The minimum atomic E-state index is -2.36. The molecule has 2 nitrogen and oxygen atoms in total. The molecule has 0 saturated heterocycles. The summed E-state index contributed by atoms with van der Waals surface area (Å²) >= 11 is 0. The van der Waals surface area contributed by atoms with Gasteiger partial charge in [-0.2, -0.15) is 0 Å². The molecule has 0 spiro atoms. The third kappa shape index (κ3) is 5.24. The largest absolute Gasteiger partial charge is 0.387 e. The Balaban J connectivity index is 2.54. The van der Waals surface area contributed by atoms with Crippen LogP contribution >= 0.6 is 0 Å². The summed E-state index contributed by atoms with van der Waals surface area (Å²) in [7, 11) is 0. The van der Waals surface area contributed by atoms with Crippen LogP contribution in [-0.4, -0.2) is 36.1 Å². The molecular formula is C13H19F2NO. The molecule has 0 aliphatic heterocycles. The summed E-state index contributed by atoms with van der Waals surface area (Å²) in [6.45, 7) is 2.49. The molecule has 0 saturated carbocycles. The molecule has 0 radical (unpaired) electrons. The summed E-state index contributed by atoms with van der Waals surface area (Å²) in [4.78, 5) is 1.60. The summed E-state index contributed by atoms with van der Waals surface area (Å²) < 4.78 is 24.7. The third-order valence-electron chi connectivity index (χ3n) is 2.55. The van der Waals surface area contributed by atoms with Crippen molar-refractivity contribution in [3.63, 3.8) is 0 Å². The molecule has 96 valence electrons. The number of nitrogens with zero attached hydrogens (tertiary/aromatic N) is 1. The van der Waals surface area contributed by atoms with Crippen molar-refractivity contribution >= 4 is 0 Å². The van der Waals surface area contributed by atoms with E-state index in [4.69, 9.17) is 0 Å². The van der Waals surface area contributed by atoms with E-state index >= 15 is 0 Å². The second-order valence-corrected chi connectivity index (χ2v) is 4.08. The fourth-order valence-corrected chi connectivity index (χ4v) is 1.79. The highest BCUT2D eigenvalue weighted by Gasteiger charge is 2.16. The molecule has 4 heteroatoms. The lowest BCUT2D eigenvalue weighted by atomic mass is 10.1. The van der Waals surface area contributed by atoms with Gasteiger partial charge in [-0.25, -0.2) is 8.78 Å². The van der Waals surface area contributed by atoms with Gasteiger partial charge in [-0.15, -0.1) is 0 Å². The van der Waals surface area contributed by atoms with Gasteiger partial charge in [0.05, 0.1) is 12.6 Å². The molecule has 0 heterocycles. The second kappa shape index (κ2) is 7.35. The Morgan fingerprint density at radius 1 is 1.18 bits per heavy atom. The monoisotopic (exact) mass is 243 g/mol. The average molecular weight is 243 g/mol. The van der Waals surface area contributed by atoms with Gasteiger partial charge in [0.25, 0.3) is 6.43 Å². The summed E-state index contributed by atoms with van der Waals surface area (Å²) in [6.07, 6.45) is -2.26. The molecule has 1 rings (SSSR count). The standard InChI is InChI=1S/C13H19F2NO/c1-2-8-16(10-13(14)15)9-12(17)11-6-4-3-5-7-11/h3-7,12-13,17H,2,8-10H2,1H3. The summed E-state index contributed by atoms with van der Waals surface area (Å²) in [6, 6.07) is 9.12. The third-order valence-corrected chi connectivity index (χ3v) is 2.55. The number of alkyl halides is 2. The number of hydrogen-bond donors (Lipinski definition) is 1. The van der Waals surface area contributed by atoms with Gasteiger partial charge in [-0.3, -0.25) is 4.90 Å². The fourth-order valence-electron chi connectivity index (χ4n) is 1.79. The minimum Gasteiger partial charge on any atom is -0.387 e. The van der Waals surface area contributed by atoms with E-state index in [2.05, 4.69) is 0 Å². The normalized spacial score (nSPS) is 13.3. The van der Waals surface area contributed by atoms with E-state index in [1.54, 1.807) is 17.0 Å². The number of hydrogen-bond acceptors (Lipinski definition) is 2. The van der Waals surface area contributed by atoms with Gasteiger partial charge in [0.2, 0.25) is 0 Å². The van der Waals surface area contributed by atoms with Gasteiger partial charge in [0.15, 0.2) is 0 Å². The van der Waals surface area contributed by atoms with Crippen LogP contribution in [0.1, 0.15) is 25.0 Å². The van der Waals surface area contributed by atoms with Crippen molar-refractivity contribution < 1.29 is 13.9 Å². The number of aliphatic hydroxyl groups is 1. The summed E-state index contributed by atoms with van der Waals surface area (Å²) in [5, 5.41) is 9.94. The van der Waals surface area contributed by atoms with E-state index in [0.717, 1.165) is 12.0 Å². The van der Waals surface area contributed by atoms with Crippen LogP contribution in [-0.2, 0) is 0 Å². The van der Waals surface area contributed by atoms with E-state index in [0.29, 0.717) is 6.54 Å². The predicted octanol–water partition coefficient (Wildman–Crippen LogP) is 2.70. The zero-order valence-corrected chi connectivity index (χ0v) is 10.0. The van der Waals surface area contributed by atoms with E-state index in [1.165, 1.54) is 0 Å². The van der Waals surface area contributed by atoms with E-state index in [-0.39, 0.29) is 13.1 Å². The minimum absolute atomic E-state index is 0.252. The van der Waals surface area contributed by atoms with Crippen molar-refractivity contribution in [2.45, 2.75) is 25.9 Å². The molecule has 1 atom stereocenters. The van der Waals surface area contributed by atoms with Gasteiger partial charge in [-0.05, 0) is 18.5 Å². The number of rotatable bonds is 7. The lowest BCUT2D eigenvalue weighted by molar-refractivity contribution is 0.0546. The maximum atomic E-state index is 12.3. The van der Waals surface area contributed by atoms with Crippen LogP contribution in [0.15, 0.2) is 30.3 Å². The Kier molecular flexibility index (Phi) is 6.08. The Hall–Kier alpha value is -1.00. The first kappa shape index (κ1) is 14.1. The SMILES string of the molecule is CCCN(CC(F)F)CC(O)c1ccccc1. The molecule has 0 aromatic heterocycles. The van der Waals surface area contributed by atoms with Crippen molar-refractivity contribution in [2.24, 2.45) is 0 Å².